The minimum atomic E-state index is -1.14. The van der Waals surface area contributed by atoms with Crippen molar-refractivity contribution in [1.29, 1.82) is 0 Å². The van der Waals surface area contributed by atoms with Crippen molar-refractivity contribution >= 4 is 35.5 Å². The number of hydrogen-bond donors (Lipinski definition) is 5. The van der Waals surface area contributed by atoms with Crippen molar-refractivity contribution in [3.05, 3.63) is 0 Å². The molecule has 168 valence electrons. The monoisotopic (exact) mass is 432 g/mol. The first-order chi connectivity index (χ1) is 13.4. The van der Waals surface area contributed by atoms with Crippen LogP contribution in [-0.4, -0.2) is 65.0 Å². The summed E-state index contributed by atoms with van der Waals surface area (Å²) >= 11 is 1.57. The highest BCUT2D eigenvalue weighted by Gasteiger charge is 2.30. The van der Waals surface area contributed by atoms with E-state index in [9.17, 15) is 24.3 Å². The predicted molar refractivity (Wildman–Crippen MR) is 114 cm³/mol. The number of aliphatic carboxylic acids is 1. The van der Waals surface area contributed by atoms with Crippen LogP contribution >= 0.6 is 11.8 Å². The molecular formula is C19H36N4O5S. The van der Waals surface area contributed by atoms with Gasteiger partial charge in [-0.05, 0) is 43.6 Å². The molecule has 0 fully saturated rings. The van der Waals surface area contributed by atoms with Gasteiger partial charge in [0.15, 0.2) is 0 Å². The van der Waals surface area contributed by atoms with Gasteiger partial charge in [-0.2, -0.15) is 11.8 Å². The van der Waals surface area contributed by atoms with Gasteiger partial charge in [0.2, 0.25) is 17.7 Å². The first-order valence-electron chi connectivity index (χ1n) is 9.79. The molecular weight excluding hydrogens is 396 g/mol. The fraction of sp³-hybridized carbons (Fsp3) is 0.789. The lowest BCUT2D eigenvalue weighted by Crippen LogP contribution is -2.57. The van der Waals surface area contributed by atoms with Crippen molar-refractivity contribution in [2.75, 3.05) is 12.0 Å². The highest BCUT2D eigenvalue weighted by molar-refractivity contribution is 7.98. The van der Waals surface area contributed by atoms with E-state index in [1.54, 1.807) is 25.6 Å². The van der Waals surface area contributed by atoms with Crippen LogP contribution in [0.5, 0.6) is 0 Å². The summed E-state index contributed by atoms with van der Waals surface area (Å²) in [6.45, 7) is 8.66. The third kappa shape index (κ3) is 10.5. The summed E-state index contributed by atoms with van der Waals surface area (Å²) < 4.78 is 0. The number of carbonyl (C=O) groups is 4. The maximum Gasteiger partial charge on any atom is 0.326 e. The summed E-state index contributed by atoms with van der Waals surface area (Å²) in [6, 6.07) is -3.56. The molecule has 0 aliphatic rings. The largest absolute Gasteiger partial charge is 0.480 e. The number of thioether (sulfide) groups is 1. The lowest BCUT2D eigenvalue weighted by Gasteiger charge is -2.25. The zero-order valence-corrected chi connectivity index (χ0v) is 19.0. The van der Waals surface area contributed by atoms with Crippen molar-refractivity contribution in [2.45, 2.75) is 71.6 Å². The maximum atomic E-state index is 12.6. The van der Waals surface area contributed by atoms with Crippen molar-refractivity contribution in [3.63, 3.8) is 0 Å². The van der Waals surface area contributed by atoms with E-state index >= 15 is 0 Å². The topological polar surface area (TPSA) is 151 Å². The highest BCUT2D eigenvalue weighted by atomic mass is 32.2. The van der Waals surface area contributed by atoms with E-state index in [0.29, 0.717) is 12.8 Å². The molecule has 0 radical (unpaired) electrons. The van der Waals surface area contributed by atoms with Gasteiger partial charge in [0.1, 0.15) is 18.1 Å². The number of nitrogens with one attached hydrogen (secondary N) is 3. The summed E-state index contributed by atoms with van der Waals surface area (Å²) in [5.41, 5.74) is 5.80. The number of amides is 3. The minimum Gasteiger partial charge on any atom is -0.480 e. The molecule has 0 spiro atoms. The number of rotatable bonds is 13. The van der Waals surface area contributed by atoms with Gasteiger partial charge in [-0.15, -0.1) is 0 Å². The Labute approximate surface area is 177 Å². The second-order valence-corrected chi connectivity index (χ2v) is 8.86. The normalized spacial score (nSPS) is 15.3. The Kier molecular flexibility index (Phi) is 12.6. The van der Waals surface area contributed by atoms with Crippen molar-refractivity contribution in [2.24, 2.45) is 17.6 Å². The van der Waals surface area contributed by atoms with Gasteiger partial charge >= 0.3 is 5.97 Å². The van der Waals surface area contributed by atoms with E-state index in [-0.39, 0.29) is 11.8 Å². The summed E-state index contributed by atoms with van der Waals surface area (Å²) in [6.07, 6.45) is 2.73. The molecule has 0 rings (SSSR count). The second kappa shape index (κ2) is 13.4. The van der Waals surface area contributed by atoms with Crippen LogP contribution in [0.3, 0.4) is 0 Å². The zero-order valence-electron chi connectivity index (χ0n) is 18.2. The van der Waals surface area contributed by atoms with Crippen molar-refractivity contribution < 1.29 is 24.3 Å². The van der Waals surface area contributed by atoms with Crippen LogP contribution in [0.1, 0.15) is 47.5 Å². The van der Waals surface area contributed by atoms with Crippen molar-refractivity contribution in [1.82, 2.24) is 16.0 Å². The van der Waals surface area contributed by atoms with E-state index in [1.165, 1.54) is 6.92 Å². The fourth-order valence-electron chi connectivity index (χ4n) is 2.53. The van der Waals surface area contributed by atoms with Crippen LogP contribution in [0.15, 0.2) is 0 Å². The molecule has 0 aliphatic heterocycles. The van der Waals surface area contributed by atoms with Crippen LogP contribution in [0.4, 0.5) is 0 Å². The molecule has 10 heteroatoms. The van der Waals surface area contributed by atoms with Gasteiger partial charge in [0.05, 0.1) is 6.04 Å². The van der Waals surface area contributed by atoms with E-state index < -0.39 is 47.9 Å². The molecule has 0 saturated heterocycles. The average molecular weight is 433 g/mol. The highest BCUT2D eigenvalue weighted by Crippen LogP contribution is 2.08. The van der Waals surface area contributed by atoms with E-state index in [4.69, 9.17) is 5.73 Å². The summed E-state index contributed by atoms with van der Waals surface area (Å²) in [4.78, 5) is 48.5. The van der Waals surface area contributed by atoms with Crippen LogP contribution in [0, 0.1) is 11.8 Å². The van der Waals surface area contributed by atoms with E-state index in [0.717, 1.165) is 5.75 Å². The second-order valence-electron chi connectivity index (χ2n) is 7.88. The summed E-state index contributed by atoms with van der Waals surface area (Å²) in [5.74, 6) is -2.17. The van der Waals surface area contributed by atoms with Crippen LogP contribution < -0.4 is 21.7 Å². The van der Waals surface area contributed by atoms with Crippen molar-refractivity contribution in [3.8, 4) is 0 Å². The fourth-order valence-corrected chi connectivity index (χ4v) is 3.02. The maximum absolute atomic E-state index is 12.6. The first-order valence-corrected chi connectivity index (χ1v) is 11.2. The Morgan fingerprint density at radius 2 is 1.52 bits per heavy atom. The Hall–Kier alpha value is -1.81. The van der Waals surface area contributed by atoms with Crippen LogP contribution in [0.2, 0.25) is 0 Å². The molecule has 0 aromatic heterocycles. The molecule has 29 heavy (non-hydrogen) atoms. The molecule has 9 nitrogen and oxygen atoms in total. The summed E-state index contributed by atoms with van der Waals surface area (Å²) in [7, 11) is 0. The zero-order chi connectivity index (χ0) is 22.7. The summed E-state index contributed by atoms with van der Waals surface area (Å²) in [5, 5.41) is 16.9. The average Bonchev–Trinajstić information content (AvgIpc) is 2.61. The number of carbonyl (C=O) groups excluding carboxylic acids is 3. The first kappa shape index (κ1) is 27.2. The molecule has 6 N–H and O–H groups in total. The number of hydrogen-bond acceptors (Lipinski definition) is 6. The number of nitrogens with two attached hydrogens (primary N) is 1. The SMILES string of the molecule is CSCCC(N)C(=O)NC(C)C(=O)NC(CC(C)C)C(=O)NC(C(=O)O)C(C)C. The van der Waals surface area contributed by atoms with Gasteiger partial charge in [-0.1, -0.05) is 27.7 Å². The molecule has 0 saturated carbocycles. The van der Waals surface area contributed by atoms with Gasteiger partial charge in [-0.25, -0.2) is 4.79 Å². The van der Waals surface area contributed by atoms with E-state index in [2.05, 4.69) is 16.0 Å². The third-order valence-electron chi connectivity index (χ3n) is 4.29. The third-order valence-corrected chi connectivity index (χ3v) is 4.94. The Morgan fingerprint density at radius 1 is 0.931 bits per heavy atom. The minimum absolute atomic E-state index is 0.0817. The van der Waals surface area contributed by atoms with Gasteiger partial charge in [0, 0.05) is 0 Å². The molecule has 0 bridgehead atoms. The van der Waals surface area contributed by atoms with Crippen LogP contribution in [-0.2, 0) is 19.2 Å². The Bertz CT molecular complexity index is 571. The Balaban J connectivity index is 5.03. The quantitative estimate of drug-likeness (QED) is 0.281. The molecule has 0 aromatic carbocycles. The lowest BCUT2D eigenvalue weighted by atomic mass is 10.00. The molecule has 0 heterocycles. The standard InChI is InChI=1S/C19H36N4O5S/c1-10(2)9-14(18(26)23-15(11(3)4)19(27)28)22-16(24)12(5)21-17(25)13(20)7-8-29-6/h10-15H,7-9,20H2,1-6H3,(H,21,25)(H,22,24)(H,23,26)(H,27,28). The van der Waals surface area contributed by atoms with Crippen LogP contribution in [0.25, 0.3) is 0 Å². The molecule has 4 unspecified atom stereocenters. The van der Waals surface area contributed by atoms with E-state index in [1.807, 2.05) is 20.1 Å². The molecule has 0 aliphatic carbocycles. The van der Waals surface area contributed by atoms with Gasteiger partial charge in [0.25, 0.3) is 0 Å². The number of carboxylic acids is 1. The lowest BCUT2D eigenvalue weighted by molar-refractivity contribution is -0.143. The van der Waals surface area contributed by atoms with Gasteiger partial charge < -0.3 is 26.8 Å². The van der Waals surface area contributed by atoms with Gasteiger partial charge in [-0.3, -0.25) is 14.4 Å². The molecule has 4 atom stereocenters. The predicted octanol–water partition coefficient (Wildman–Crippen LogP) is 0.328. The number of carboxylic acid groups (broad SMARTS) is 1. The smallest absolute Gasteiger partial charge is 0.326 e. The Morgan fingerprint density at radius 3 is 1.97 bits per heavy atom. The molecule has 3 amide bonds. The molecule has 0 aromatic rings.